The third kappa shape index (κ3) is 7.38. The number of ether oxygens (including phenoxy) is 1. The predicted octanol–water partition coefficient (Wildman–Crippen LogP) is 5.29. The standard InChI is InChI=1S/C26H25N5O2.C2HF3O2/c27-26(32)23-15-18-3-1-2-4-19(18)16-24(23)29-21-9-10-28-25(17-21)30-20-5-7-22(8-6-20)31-11-13-33-14-12-31;3-2(4,5)1(6)7/h1-10,15-17H,11-14H2,(H2,27,32)(H2,28,29,30);(H,6,7). The number of carboxylic acid groups (broad SMARTS) is 1. The molecular formula is C28H26F3N5O4. The minimum Gasteiger partial charge on any atom is -0.475 e. The van der Waals surface area contributed by atoms with Crippen molar-refractivity contribution in [3.63, 3.8) is 0 Å². The molecule has 5 N–H and O–H groups in total. The Morgan fingerprint density at radius 1 is 0.900 bits per heavy atom. The molecule has 2 heterocycles. The maximum atomic E-state index is 12.1. The van der Waals surface area contributed by atoms with Crippen LogP contribution in [-0.2, 0) is 9.53 Å². The van der Waals surface area contributed by atoms with Crippen LogP contribution in [-0.4, -0.2) is 54.4 Å². The zero-order chi connectivity index (χ0) is 28.7. The lowest BCUT2D eigenvalue weighted by atomic mass is 10.0. The van der Waals surface area contributed by atoms with Crippen LogP contribution in [0, 0.1) is 0 Å². The first-order chi connectivity index (χ1) is 19.1. The van der Waals surface area contributed by atoms with Gasteiger partial charge in [0.05, 0.1) is 24.5 Å². The van der Waals surface area contributed by atoms with E-state index in [2.05, 4.69) is 32.7 Å². The van der Waals surface area contributed by atoms with Crippen LogP contribution >= 0.6 is 0 Å². The summed E-state index contributed by atoms with van der Waals surface area (Å²) in [6.07, 6.45) is -3.36. The molecule has 1 aromatic heterocycles. The van der Waals surface area contributed by atoms with Gasteiger partial charge in [-0.2, -0.15) is 13.2 Å². The number of nitrogens with two attached hydrogens (primary N) is 1. The zero-order valence-corrected chi connectivity index (χ0v) is 21.1. The Morgan fingerprint density at radius 3 is 2.12 bits per heavy atom. The molecule has 3 aromatic carbocycles. The minimum absolute atomic E-state index is 0.443. The van der Waals surface area contributed by atoms with E-state index in [1.54, 1.807) is 6.20 Å². The molecule has 0 aliphatic carbocycles. The number of rotatable bonds is 6. The third-order valence-corrected chi connectivity index (χ3v) is 5.95. The Labute approximate surface area is 227 Å². The van der Waals surface area contributed by atoms with Crippen molar-refractivity contribution in [1.29, 1.82) is 0 Å². The first kappa shape index (κ1) is 28.2. The van der Waals surface area contributed by atoms with Gasteiger partial charge in [0.1, 0.15) is 5.82 Å². The summed E-state index contributed by atoms with van der Waals surface area (Å²) in [5.41, 5.74) is 9.68. The summed E-state index contributed by atoms with van der Waals surface area (Å²) in [6.45, 7) is 3.34. The maximum absolute atomic E-state index is 12.1. The van der Waals surface area contributed by atoms with E-state index >= 15 is 0 Å². The summed E-state index contributed by atoms with van der Waals surface area (Å²) in [5.74, 6) is -2.54. The Bertz CT molecular complexity index is 1490. The van der Waals surface area contributed by atoms with Crippen molar-refractivity contribution in [1.82, 2.24) is 4.98 Å². The first-order valence-electron chi connectivity index (χ1n) is 12.2. The van der Waals surface area contributed by atoms with Crippen molar-refractivity contribution in [3.8, 4) is 0 Å². The number of alkyl halides is 3. The number of pyridine rings is 1. The van der Waals surface area contributed by atoms with E-state index in [0.29, 0.717) is 17.1 Å². The number of fused-ring (bicyclic) bond motifs is 1. The molecule has 0 saturated carbocycles. The van der Waals surface area contributed by atoms with Gasteiger partial charge in [-0.1, -0.05) is 24.3 Å². The van der Waals surface area contributed by atoms with E-state index in [-0.39, 0.29) is 0 Å². The van der Waals surface area contributed by atoms with Crippen molar-refractivity contribution in [2.24, 2.45) is 5.73 Å². The molecule has 1 aliphatic rings. The van der Waals surface area contributed by atoms with Crippen molar-refractivity contribution in [2.45, 2.75) is 6.18 Å². The molecule has 1 aliphatic heterocycles. The number of anilines is 5. The second-order valence-electron chi connectivity index (χ2n) is 8.74. The van der Waals surface area contributed by atoms with Gasteiger partial charge < -0.3 is 31.1 Å². The minimum atomic E-state index is -5.08. The second-order valence-corrected chi connectivity index (χ2v) is 8.74. The van der Waals surface area contributed by atoms with E-state index in [0.717, 1.165) is 48.5 Å². The monoisotopic (exact) mass is 553 g/mol. The van der Waals surface area contributed by atoms with Gasteiger partial charge in [-0.05, 0) is 53.2 Å². The number of nitrogens with zero attached hydrogens (tertiary/aromatic N) is 2. The number of nitrogens with one attached hydrogen (secondary N) is 2. The highest BCUT2D eigenvalue weighted by atomic mass is 19.4. The van der Waals surface area contributed by atoms with Crippen LogP contribution in [0.15, 0.2) is 79.0 Å². The average molecular weight is 554 g/mol. The van der Waals surface area contributed by atoms with Crippen LogP contribution in [0.1, 0.15) is 10.4 Å². The van der Waals surface area contributed by atoms with E-state index < -0.39 is 18.1 Å². The van der Waals surface area contributed by atoms with Crippen molar-refractivity contribution < 1.29 is 32.6 Å². The summed E-state index contributed by atoms with van der Waals surface area (Å²) < 4.78 is 37.2. The number of amides is 1. The number of benzene rings is 3. The van der Waals surface area contributed by atoms with Gasteiger partial charge in [-0.15, -0.1) is 0 Å². The molecule has 40 heavy (non-hydrogen) atoms. The summed E-state index contributed by atoms with van der Waals surface area (Å²) in [6, 6.07) is 23.7. The number of aliphatic carboxylic acids is 1. The quantitative estimate of drug-likeness (QED) is 0.254. The fourth-order valence-electron chi connectivity index (χ4n) is 4.00. The fraction of sp³-hybridized carbons (Fsp3) is 0.179. The van der Waals surface area contributed by atoms with Crippen LogP contribution in [0.5, 0.6) is 0 Å². The molecule has 0 radical (unpaired) electrons. The van der Waals surface area contributed by atoms with Gasteiger partial charge in [-0.3, -0.25) is 4.79 Å². The highest BCUT2D eigenvalue weighted by molar-refractivity contribution is 6.04. The molecule has 0 bridgehead atoms. The fourth-order valence-corrected chi connectivity index (χ4v) is 4.00. The number of primary amides is 1. The Kier molecular flexibility index (Phi) is 8.70. The van der Waals surface area contributed by atoms with Gasteiger partial charge in [0.15, 0.2) is 0 Å². The number of carbonyl (C=O) groups excluding carboxylic acids is 1. The molecule has 5 rings (SSSR count). The van der Waals surface area contributed by atoms with Crippen LogP contribution in [0.25, 0.3) is 10.8 Å². The van der Waals surface area contributed by atoms with Gasteiger partial charge in [0, 0.05) is 42.4 Å². The number of hydrogen-bond donors (Lipinski definition) is 4. The largest absolute Gasteiger partial charge is 0.490 e. The molecule has 1 amide bonds. The summed E-state index contributed by atoms with van der Waals surface area (Å²) in [7, 11) is 0. The van der Waals surface area contributed by atoms with E-state index in [1.165, 1.54) is 5.69 Å². The third-order valence-electron chi connectivity index (χ3n) is 5.95. The normalized spacial score (nSPS) is 13.2. The number of halogens is 3. The second kappa shape index (κ2) is 12.3. The van der Waals surface area contributed by atoms with Crippen LogP contribution in [0.3, 0.4) is 0 Å². The van der Waals surface area contributed by atoms with Crippen LogP contribution in [0.2, 0.25) is 0 Å². The topological polar surface area (TPSA) is 130 Å². The lowest BCUT2D eigenvalue weighted by molar-refractivity contribution is -0.192. The number of carboxylic acids is 1. The SMILES string of the molecule is NC(=O)c1cc2ccccc2cc1Nc1ccnc(Nc2ccc(N3CCOCC3)cc2)c1.O=C(O)C(F)(F)F. The highest BCUT2D eigenvalue weighted by Crippen LogP contribution is 2.28. The van der Waals surface area contributed by atoms with Gasteiger partial charge >= 0.3 is 12.1 Å². The van der Waals surface area contributed by atoms with Gasteiger partial charge in [-0.25, -0.2) is 9.78 Å². The van der Waals surface area contributed by atoms with Crippen molar-refractivity contribution >= 4 is 51.2 Å². The highest BCUT2D eigenvalue weighted by Gasteiger charge is 2.38. The molecule has 9 nitrogen and oxygen atoms in total. The molecule has 1 fully saturated rings. The molecular weight excluding hydrogens is 527 g/mol. The Hall–Kier alpha value is -4.84. The maximum Gasteiger partial charge on any atom is 0.490 e. The first-order valence-corrected chi connectivity index (χ1v) is 12.2. The van der Waals surface area contributed by atoms with E-state index in [4.69, 9.17) is 20.4 Å². The van der Waals surface area contributed by atoms with E-state index in [1.807, 2.05) is 60.7 Å². The Balaban J connectivity index is 0.000000470. The molecule has 208 valence electrons. The summed E-state index contributed by atoms with van der Waals surface area (Å²) >= 11 is 0. The molecule has 0 spiro atoms. The van der Waals surface area contributed by atoms with Crippen LogP contribution in [0.4, 0.5) is 41.7 Å². The van der Waals surface area contributed by atoms with Crippen molar-refractivity contribution in [3.05, 3.63) is 84.6 Å². The van der Waals surface area contributed by atoms with Crippen molar-refractivity contribution in [2.75, 3.05) is 41.8 Å². The smallest absolute Gasteiger partial charge is 0.475 e. The number of morpholine rings is 1. The lowest BCUT2D eigenvalue weighted by Crippen LogP contribution is -2.36. The molecule has 0 atom stereocenters. The molecule has 0 unspecified atom stereocenters. The molecule has 4 aromatic rings. The Morgan fingerprint density at radius 2 is 1.52 bits per heavy atom. The number of aromatic nitrogens is 1. The number of carbonyl (C=O) groups is 2. The van der Waals surface area contributed by atoms with E-state index in [9.17, 15) is 18.0 Å². The van der Waals surface area contributed by atoms with Gasteiger partial charge in [0.2, 0.25) is 0 Å². The summed E-state index contributed by atoms with van der Waals surface area (Å²) in [5, 5.41) is 15.8. The van der Waals surface area contributed by atoms with Gasteiger partial charge in [0.25, 0.3) is 5.91 Å². The number of hydrogen-bond acceptors (Lipinski definition) is 7. The molecule has 12 heteroatoms. The summed E-state index contributed by atoms with van der Waals surface area (Å²) in [4.78, 5) is 27.7. The lowest BCUT2D eigenvalue weighted by Gasteiger charge is -2.28. The molecule has 1 saturated heterocycles. The zero-order valence-electron chi connectivity index (χ0n) is 21.1. The average Bonchev–Trinajstić information content (AvgIpc) is 2.93. The van der Waals surface area contributed by atoms with Crippen LogP contribution < -0.4 is 21.3 Å². The predicted molar refractivity (Wildman–Crippen MR) is 146 cm³/mol.